The zero-order valence-electron chi connectivity index (χ0n) is 19.8. The smallest absolute Gasteiger partial charge is 0.335 e. The number of likely N-dealkylation sites (tertiary alicyclic amines) is 2. The highest BCUT2D eigenvalue weighted by molar-refractivity contribution is 5.97. The lowest BCUT2D eigenvalue weighted by atomic mass is 9.73. The number of carboxylic acids is 2. The number of hydrogen-bond acceptors (Lipinski definition) is 7. The van der Waals surface area contributed by atoms with E-state index in [1.165, 1.54) is 12.1 Å². The van der Waals surface area contributed by atoms with Crippen LogP contribution in [0.4, 0.5) is 0 Å². The van der Waals surface area contributed by atoms with Gasteiger partial charge in [0.25, 0.3) is 5.91 Å². The second kappa shape index (κ2) is 9.19. The third kappa shape index (κ3) is 4.35. The van der Waals surface area contributed by atoms with Gasteiger partial charge in [0.15, 0.2) is 5.82 Å². The summed E-state index contributed by atoms with van der Waals surface area (Å²) in [6.07, 6.45) is 0.720. The molecular weight excluding hydrogens is 464 g/mol. The number of fused-ring (bicyclic) bond motifs is 1. The number of piperidine rings is 1. The number of aryl methyl sites for hydroxylation is 1. The number of rotatable bonds is 6. The van der Waals surface area contributed by atoms with E-state index in [0.29, 0.717) is 43.5 Å². The number of aromatic nitrogens is 2. The molecule has 0 radical (unpaired) electrons. The zero-order chi connectivity index (χ0) is 25.4. The molecule has 0 unspecified atom stereocenters. The molecule has 2 saturated heterocycles. The van der Waals surface area contributed by atoms with E-state index >= 15 is 0 Å². The van der Waals surface area contributed by atoms with Gasteiger partial charge in [-0.15, -0.1) is 0 Å². The summed E-state index contributed by atoms with van der Waals surface area (Å²) in [7, 11) is 0. The van der Waals surface area contributed by atoms with Gasteiger partial charge in [-0.1, -0.05) is 23.4 Å². The second-order valence-electron chi connectivity index (χ2n) is 9.58. The number of carbonyl (C=O) groups excluding carboxylic acids is 1. The van der Waals surface area contributed by atoms with Gasteiger partial charge in [0.2, 0.25) is 5.89 Å². The van der Waals surface area contributed by atoms with Crippen LogP contribution >= 0.6 is 0 Å². The van der Waals surface area contributed by atoms with E-state index in [-0.39, 0.29) is 23.0 Å². The third-order valence-electron chi connectivity index (χ3n) is 7.16. The Hall–Kier alpha value is -4.05. The summed E-state index contributed by atoms with van der Waals surface area (Å²) < 4.78 is 5.66. The SMILES string of the molecule is Cc1noc([C@@]23CN(Cc4cccc(C(=O)O)c4)C[C@@H]2CCN(C(=O)c2cccc(C(=O)O)c2)C3)n1. The summed E-state index contributed by atoms with van der Waals surface area (Å²) in [6.45, 7) is 4.51. The van der Waals surface area contributed by atoms with Crippen LogP contribution in [0.1, 0.15) is 54.8 Å². The normalized spacial score (nSPS) is 21.8. The molecular formula is C26H26N4O6. The number of nitrogens with zero attached hydrogens (tertiary/aromatic N) is 4. The first-order chi connectivity index (χ1) is 17.2. The molecule has 5 rings (SSSR count). The highest BCUT2D eigenvalue weighted by Gasteiger charge is 2.55. The van der Waals surface area contributed by atoms with Gasteiger partial charge < -0.3 is 19.6 Å². The van der Waals surface area contributed by atoms with Crippen LogP contribution in [0.3, 0.4) is 0 Å². The van der Waals surface area contributed by atoms with E-state index in [9.17, 15) is 24.6 Å². The molecule has 2 fully saturated rings. The molecule has 1 aromatic heterocycles. The van der Waals surface area contributed by atoms with Crippen molar-refractivity contribution in [1.82, 2.24) is 19.9 Å². The fourth-order valence-electron chi connectivity index (χ4n) is 5.49. The molecule has 2 aromatic carbocycles. The van der Waals surface area contributed by atoms with Gasteiger partial charge in [-0.3, -0.25) is 9.69 Å². The van der Waals surface area contributed by atoms with E-state index in [2.05, 4.69) is 15.0 Å². The lowest BCUT2D eigenvalue weighted by Gasteiger charge is -2.41. The van der Waals surface area contributed by atoms with Crippen LogP contribution in [0.15, 0.2) is 53.1 Å². The first-order valence-electron chi connectivity index (χ1n) is 11.7. The minimum Gasteiger partial charge on any atom is -0.478 e. The predicted octanol–water partition coefficient (Wildman–Crippen LogP) is 2.69. The Kier molecular flexibility index (Phi) is 6.05. The Labute approximate surface area is 207 Å². The maximum Gasteiger partial charge on any atom is 0.335 e. The number of amides is 1. The van der Waals surface area contributed by atoms with Crippen molar-refractivity contribution in [2.75, 3.05) is 26.2 Å². The van der Waals surface area contributed by atoms with Crippen LogP contribution in [0, 0.1) is 12.8 Å². The average Bonchev–Trinajstić information content (AvgIpc) is 3.47. The average molecular weight is 491 g/mol. The van der Waals surface area contributed by atoms with E-state index in [1.54, 1.807) is 42.2 Å². The predicted molar refractivity (Wildman–Crippen MR) is 127 cm³/mol. The zero-order valence-corrected chi connectivity index (χ0v) is 19.8. The third-order valence-corrected chi connectivity index (χ3v) is 7.16. The highest BCUT2D eigenvalue weighted by atomic mass is 16.5. The molecule has 3 aromatic rings. The summed E-state index contributed by atoms with van der Waals surface area (Å²) in [5.74, 6) is -1.12. The minimum atomic E-state index is -1.08. The van der Waals surface area contributed by atoms with E-state index in [0.717, 1.165) is 18.5 Å². The number of benzene rings is 2. The molecule has 0 aliphatic carbocycles. The topological polar surface area (TPSA) is 137 Å². The van der Waals surface area contributed by atoms with Gasteiger partial charge in [0, 0.05) is 38.3 Å². The molecule has 3 heterocycles. The molecule has 2 aliphatic heterocycles. The fourth-order valence-corrected chi connectivity index (χ4v) is 5.49. The second-order valence-corrected chi connectivity index (χ2v) is 9.58. The Morgan fingerprint density at radius 2 is 1.72 bits per heavy atom. The van der Waals surface area contributed by atoms with E-state index < -0.39 is 17.4 Å². The quantitative estimate of drug-likeness (QED) is 0.534. The van der Waals surface area contributed by atoms with Gasteiger partial charge in [-0.25, -0.2) is 9.59 Å². The fraction of sp³-hybridized carbons (Fsp3) is 0.346. The van der Waals surface area contributed by atoms with Crippen molar-refractivity contribution >= 4 is 17.8 Å². The Morgan fingerprint density at radius 1 is 1.03 bits per heavy atom. The monoisotopic (exact) mass is 490 g/mol. The summed E-state index contributed by atoms with van der Waals surface area (Å²) in [5, 5.41) is 22.7. The lowest BCUT2D eigenvalue weighted by molar-refractivity contribution is 0.0536. The molecule has 186 valence electrons. The molecule has 36 heavy (non-hydrogen) atoms. The Balaban J connectivity index is 1.42. The molecule has 0 bridgehead atoms. The Bertz CT molecular complexity index is 1340. The standard InChI is InChI=1S/C26H26N4O6/c1-16-27-25(36-28-16)26-14-29(12-17-4-2-6-19(10-17)23(32)33)13-21(26)8-9-30(15-26)22(31)18-5-3-7-20(11-18)24(34)35/h2-7,10-11,21H,8-9,12-15H2,1H3,(H,32,33)(H,34,35)/t21-,26+/m0/s1. The van der Waals surface area contributed by atoms with Gasteiger partial charge in [-0.2, -0.15) is 4.98 Å². The molecule has 2 atom stereocenters. The van der Waals surface area contributed by atoms with E-state index in [1.807, 2.05) is 6.07 Å². The first-order valence-corrected chi connectivity index (χ1v) is 11.7. The molecule has 1 amide bonds. The number of hydrogen-bond donors (Lipinski definition) is 2. The van der Waals surface area contributed by atoms with Crippen LogP contribution < -0.4 is 0 Å². The van der Waals surface area contributed by atoms with Crippen molar-refractivity contribution in [3.63, 3.8) is 0 Å². The number of aromatic carboxylic acids is 2. The van der Waals surface area contributed by atoms with E-state index in [4.69, 9.17) is 4.52 Å². The molecule has 10 heteroatoms. The van der Waals surface area contributed by atoms with Crippen molar-refractivity contribution in [3.05, 3.63) is 82.5 Å². The maximum atomic E-state index is 13.4. The van der Waals surface area contributed by atoms with Crippen LogP contribution in [0.2, 0.25) is 0 Å². The highest BCUT2D eigenvalue weighted by Crippen LogP contribution is 2.44. The molecule has 2 N–H and O–H groups in total. The van der Waals surface area contributed by atoms with Crippen LogP contribution in [-0.4, -0.2) is 74.2 Å². The number of carboxylic acid groups (broad SMARTS) is 2. The van der Waals surface area contributed by atoms with Crippen LogP contribution in [0.5, 0.6) is 0 Å². The van der Waals surface area contributed by atoms with Crippen molar-refractivity contribution in [2.45, 2.75) is 25.3 Å². The van der Waals surface area contributed by atoms with Crippen molar-refractivity contribution in [2.24, 2.45) is 5.92 Å². The summed E-state index contributed by atoms with van der Waals surface area (Å²) in [6, 6.07) is 13.0. The number of carbonyl (C=O) groups is 3. The summed E-state index contributed by atoms with van der Waals surface area (Å²) in [5.41, 5.74) is 0.943. The van der Waals surface area contributed by atoms with Crippen molar-refractivity contribution in [3.8, 4) is 0 Å². The van der Waals surface area contributed by atoms with Gasteiger partial charge in [0.1, 0.15) is 0 Å². The molecule has 2 aliphatic rings. The molecule has 0 saturated carbocycles. The van der Waals surface area contributed by atoms with Gasteiger partial charge in [0.05, 0.1) is 16.5 Å². The lowest BCUT2D eigenvalue weighted by Crippen LogP contribution is -2.53. The van der Waals surface area contributed by atoms with Gasteiger partial charge in [-0.05, 0) is 55.2 Å². The summed E-state index contributed by atoms with van der Waals surface area (Å²) >= 11 is 0. The molecule has 10 nitrogen and oxygen atoms in total. The largest absolute Gasteiger partial charge is 0.478 e. The minimum absolute atomic E-state index is 0.0635. The summed E-state index contributed by atoms with van der Waals surface area (Å²) in [4.78, 5) is 44.7. The molecule has 0 spiro atoms. The first kappa shape index (κ1) is 23.7. The maximum absolute atomic E-state index is 13.4. The van der Waals surface area contributed by atoms with Crippen molar-refractivity contribution < 1.29 is 29.1 Å². The Morgan fingerprint density at radius 3 is 2.42 bits per heavy atom. The van der Waals surface area contributed by atoms with Crippen molar-refractivity contribution in [1.29, 1.82) is 0 Å². The van der Waals surface area contributed by atoms with Crippen LogP contribution in [0.25, 0.3) is 0 Å². The van der Waals surface area contributed by atoms with Gasteiger partial charge >= 0.3 is 11.9 Å². The van der Waals surface area contributed by atoms with Crippen LogP contribution in [-0.2, 0) is 12.0 Å².